The van der Waals surface area contributed by atoms with Crippen molar-refractivity contribution in [2.24, 2.45) is 7.05 Å². The van der Waals surface area contributed by atoms with E-state index in [1.54, 1.807) is 16.8 Å². The van der Waals surface area contributed by atoms with Crippen molar-refractivity contribution in [3.8, 4) is 34.0 Å². The van der Waals surface area contributed by atoms with Crippen LogP contribution in [-0.4, -0.2) is 68.3 Å². The molecule has 1 aliphatic rings. The Morgan fingerprint density at radius 2 is 1.94 bits per heavy atom. The molecule has 5 rings (SSSR count). The standard InChI is InChI=1S/C25H24FN5O4/c1-30-12-17(23(29-30)15-6-4-3-5-7-15)24-16-10-22(21(34-2)11-19(16)27-14-28-24)35-20-8-9-31(25(32)33)13-18(20)26/h3-7,10-12,14,18,20H,8-9,13H2,1-2H3,(H,32,33)/t18-,20-/m1/s1. The third-order valence-corrected chi connectivity index (χ3v) is 6.08. The molecule has 10 heteroatoms. The number of hydrogen-bond acceptors (Lipinski definition) is 6. The fourth-order valence-electron chi connectivity index (χ4n) is 4.35. The highest BCUT2D eigenvalue weighted by atomic mass is 19.1. The Morgan fingerprint density at radius 3 is 2.66 bits per heavy atom. The SMILES string of the molecule is COc1cc2ncnc(-c3cn(C)nc3-c3ccccc3)c2cc1O[C@@H]1CCN(C(=O)O)C[C@H]1F. The summed E-state index contributed by atoms with van der Waals surface area (Å²) >= 11 is 0. The number of benzene rings is 2. The molecule has 2 aromatic carbocycles. The Morgan fingerprint density at radius 1 is 1.14 bits per heavy atom. The number of alkyl halides is 1. The molecule has 1 fully saturated rings. The molecule has 2 atom stereocenters. The molecule has 35 heavy (non-hydrogen) atoms. The van der Waals surface area contributed by atoms with Gasteiger partial charge < -0.3 is 19.5 Å². The molecule has 1 aliphatic heterocycles. The number of hydrogen-bond donors (Lipinski definition) is 1. The molecular formula is C25H24FN5O4. The summed E-state index contributed by atoms with van der Waals surface area (Å²) in [7, 11) is 3.35. The van der Waals surface area contributed by atoms with Crippen LogP contribution < -0.4 is 9.47 Å². The lowest BCUT2D eigenvalue weighted by Crippen LogP contribution is -2.48. The fraction of sp³-hybridized carbons (Fsp3) is 0.280. The summed E-state index contributed by atoms with van der Waals surface area (Å²) in [6.45, 7) is -0.0405. The third kappa shape index (κ3) is 4.34. The van der Waals surface area contributed by atoms with Gasteiger partial charge in [0.15, 0.2) is 17.7 Å². The number of carbonyl (C=O) groups is 1. The van der Waals surface area contributed by atoms with E-state index in [9.17, 15) is 9.18 Å². The number of aryl methyl sites for hydroxylation is 1. The van der Waals surface area contributed by atoms with Gasteiger partial charge in [-0.15, -0.1) is 0 Å². The molecule has 0 radical (unpaired) electrons. The van der Waals surface area contributed by atoms with Gasteiger partial charge in [0.1, 0.15) is 18.1 Å². The number of carboxylic acid groups (broad SMARTS) is 1. The highest BCUT2D eigenvalue weighted by molar-refractivity contribution is 5.97. The van der Waals surface area contributed by atoms with E-state index >= 15 is 0 Å². The van der Waals surface area contributed by atoms with Crippen LogP contribution in [0.2, 0.25) is 0 Å². The molecular weight excluding hydrogens is 453 g/mol. The molecule has 0 bridgehead atoms. The lowest BCUT2D eigenvalue weighted by Gasteiger charge is -2.33. The zero-order valence-electron chi connectivity index (χ0n) is 19.3. The van der Waals surface area contributed by atoms with Crippen LogP contribution in [0.15, 0.2) is 55.0 Å². The number of fused-ring (bicyclic) bond motifs is 1. The topological polar surface area (TPSA) is 103 Å². The molecule has 0 aliphatic carbocycles. The van der Waals surface area contributed by atoms with E-state index in [1.165, 1.54) is 13.4 Å². The predicted octanol–water partition coefficient (Wildman–Crippen LogP) is 4.18. The second-order valence-corrected chi connectivity index (χ2v) is 8.36. The first-order chi connectivity index (χ1) is 16.9. The fourth-order valence-corrected chi connectivity index (χ4v) is 4.35. The molecule has 1 amide bonds. The zero-order valence-corrected chi connectivity index (χ0v) is 19.3. The number of rotatable bonds is 5. The van der Waals surface area contributed by atoms with Gasteiger partial charge in [0, 0.05) is 48.8 Å². The summed E-state index contributed by atoms with van der Waals surface area (Å²) in [5.74, 6) is 0.752. The van der Waals surface area contributed by atoms with Crippen LogP contribution in [0.1, 0.15) is 6.42 Å². The van der Waals surface area contributed by atoms with Gasteiger partial charge in [0.05, 0.1) is 24.9 Å². The summed E-state index contributed by atoms with van der Waals surface area (Å²) in [4.78, 5) is 21.2. The number of likely N-dealkylation sites (tertiary alicyclic amines) is 1. The second kappa shape index (κ2) is 9.21. The largest absolute Gasteiger partial charge is 0.493 e. The average molecular weight is 477 g/mol. The lowest BCUT2D eigenvalue weighted by atomic mass is 10.0. The molecule has 3 heterocycles. The minimum absolute atomic E-state index is 0.195. The van der Waals surface area contributed by atoms with Crippen molar-refractivity contribution in [2.45, 2.75) is 18.7 Å². The highest BCUT2D eigenvalue weighted by Crippen LogP contribution is 2.39. The molecule has 1 N–H and O–H groups in total. The number of piperidine rings is 1. The van der Waals surface area contributed by atoms with Gasteiger partial charge in [-0.3, -0.25) is 4.68 Å². The summed E-state index contributed by atoms with van der Waals surface area (Å²) in [5.41, 5.74) is 3.84. The van der Waals surface area contributed by atoms with E-state index in [0.717, 1.165) is 21.7 Å². The van der Waals surface area contributed by atoms with E-state index in [0.29, 0.717) is 28.1 Å². The molecule has 0 spiro atoms. The van der Waals surface area contributed by atoms with Crippen molar-refractivity contribution in [3.63, 3.8) is 0 Å². The molecule has 4 aromatic rings. The van der Waals surface area contributed by atoms with E-state index < -0.39 is 18.4 Å². The van der Waals surface area contributed by atoms with E-state index in [2.05, 4.69) is 15.1 Å². The number of amides is 1. The maximum Gasteiger partial charge on any atom is 0.407 e. The summed E-state index contributed by atoms with van der Waals surface area (Å²) in [6.07, 6.45) is 0.209. The molecule has 0 unspecified atom stereocenters. The summed E-state index contributed by atoms with van der Waals surface area (Å²) < 4.78 is 28.1. The van der Waals surface area contributed by atoms with Crippen LogP contribution in [0.3, 0.4) is 0 Å². The maximum absolute atomic E-state index is 14.8. The van der Waals surface area contributed by atoms with Gasteiger partial charge in [0.25, 0.3) is 0 Å². The summed E-state index contributed by atoms with van der Waals surface area (Å²) in [6, 6.07) is 13.3. The van der Waals surface area contributed by atoms with Crippen LogP contribution in [0, 0.1) is 0 Å². The molecule has 1 saturated heterocycles. The number of nitrogens with zero attached hydrogens (tertiary/aromatic N) is 5. The molecule has 2 aromatic heterocycles. The second-order valence-electron chi connectivity index (χ2n) is 8.36. The Balaban J connectivity index is 1.57. The number of ether oxygens (including phenoxy) is 2. The average Bonchev–Trinajstić information content (AvgIpc) is 3.26. The molecule has 9 nitrogen and oxygen atoms in total. The normalized spacial score (nSPS) is 18.0. The molecule has 180 valence electrons. The van der Waals surface area contributed by atoms with Crippen molar-refractivity contribution in [2.75, 3.05) is 20.2 Å². The third-order valence-electron chi connectivity index (χ3n) is 6.08. The van der Waals surface area contributed by atoms with Crippen LogP contribution in [0.25, 0.3) is 33.4 Å². The van der Waals surface area contributed by atoms with Crippen molar-refractivity contribution < 1.29 is 23.8 Å². The smallest absolute Gasteiger partial charge is 0.407 e. The Labute approximate surface area is 200 Å². The Kier molecular flexibility index (Phi) is 5.94. The van der Waals surface area contributed by atoms with Gasteiger partial charge in [0.2, 0.25) is 0 Å². The number of halogens is 1. The van der Waals surface area contributed by atoms with Gasteiger partial charge in [-0.2, -0.15) is 5.10 Å². The first-order valence-electron chi connectivity index (χ1n) is 11.2. The van der Waals surface area contributed by atoms with Crippen molar-refractivity contribution in [1.82, 2.24) is 24.6 Å². The number of aromatic nitrogens is 4. The van der Waals surface area contributed by atoms with Crippen LogP contribution >= 0.6 is 0 Å². The summed E-state index contributed by atoms with van der Waals surface area (Å²) in [5, 5.41) is 14.5. The van der Waals surface area contributed by atoms with Crippen molar-refractivity contribution in [1.29, 1.82) is 0 Å². The van der Waals surface area contributed by atoms with Gasteiger partial charge in [-0.1, -0.05) is 30.3 Å². The first-order valence-corrected chi connectivity index (χ1v) is 11.2. The minimum Gasteiger partial charge on any atom is -0.493 e. The predicted molar refractivity (Wildman–Crippen MR) is 127 cm³/mol. The van der Waals surface area contributed by atoms with Crippen LogP contribution in [0.4, 0.5) is 9.18 Å². The van der Waals surface area contributed by atoms with E-state index in [1.807, 2.05) is 43.6 Å². The lowest BCUT2D eigenvalue weighted by molar-refractivity contribution is 0.0237. The number of methoxy groups -OCH3 is 1. The maximum atomic E-state index is 14.8. The highest BCUT2D eigenvalue weighted by Gasteiger charge is 2.33. The van der Waals surface area contributed by atoms with Gasteiger partial charge in [-0.05, 0) is 6.07 Å². The quantitative estimate of drug-likeness (QED) is 0.460. The zero-order chi connectivity index (χ0) is 24.5. The Bertz CT molecular complexity index is 1380. The van der Waals surface area contributed by atoms with Crippen LogP contribution in [0.5, 0.6) is 11.5 Å². The van der Waals surface area contributed by atoms with E-state index in [-0.39, 0.29) is 19.5 Å². The monoisotopic (exact) mass is 477 g/mol. The minimum atomic E-state index is -1.46. The first kappa shape index (κ1) is 22.6. The van der Waals surface area contributed by atoms with Crippen molar-refractivity contribution in [3.05, 3.63) is 55.0 Å². The van der Waals surface area contributed by atoms with Gasteiger partial charge >= 0.3 is 6.09 Å². The molecule has 0 saturated carbocycles. The Hall–Kier alpha value is -4.21. The van der Waals surface area contributed by atoms with Gasteiger partial charge in [-0.25, -0.2) is 19.2 Å². The van der Waals surface area contributed by atoms with Crippen LogP contribution in [-0.2, 0) is 7.05 Å². The van der Waals surface area contributed by atoms with E-state index in [4.69, 9.17) is 14.6 Å². The van der Waals surface area contributed by atoms with Crippen molar-refractivity contribution >= 4 is 17.0 Å².